The van der Waals surface area contributed by atoms with Crippen LogP contribution in [0.3, 0.4) is 0 Å². The summed E-state index contributed by atoms with van der Waals surface area (Å²) in [5.41, 5.74) is 0.859. The molecule has 0 fully saturated rings. The number of carbonyl (C=O) groups excluding carboxylic acids is 2. The molecule has 7 heteroatoms. The second-order valence-electron chi connectivity index (χ2n) is 5.56. The molecule has 136 valence electrons. The smallest absolute Gasteiger partial charge is 0.343 e. The van der Waals surface area contributed by atoms with E-state index in [9.17, 15) is 14.7 Å². The van der Waals surface area contributed by atoms with Crippen LogP contribution in [0.25, 0.3) is 0 Å². The van der Waals surface area contributed by atoms with E-state index in [1.807, 2.05) is 0 Å². The van der Waals surface area contributed by atoms with Crippen LogP contribution in [0.4, 0.5) is 0 Å². The third kappa shape index (κ3) is 3.34. The molecule has 0 aromatic heterocycles. The molecule has 1 aliphatic heterocycles. The number of esters is 2. The van der Waals surface area contributed by atoms with Gasteiger partial charge in [-0.15, -0.1) is 0 Å². The minimum atomic E-state index is -1.62. The van der Waals surface area contributed by atoms with Crippen molar-refractivity contribution in [3.63, 3.8) is 0 Å². The van der Waals surface area contributed by atoms with E-state index in [4.69, 9.17) is 18.9 Å². The molecule has 2 aromatic carbocycles. The largest absolute Gasteiger partial charge is 0.464 e. The number of ether oxygens (including phenoxy) is 4. The predicted molar refractivity (Wildman–Crippen MR) is 90.3 cm³/mol. The highest BCUT2D eigenvalue weighted by molar-refractivity contribution is 5.92. The predicted octanol–water partition coefficient (Wildman–Crippen LogP) is 2.54. The quantitative estimate of drug-likeness (QED) is 0.649. The van der Waals surface area contributed by atoms with Crippen molar-refractivity contribution in [3.8, 4) is 17.2 Å². The normalized spacial score (nSPS) is 13.2. The molecule has 1 N–H and O–H groups in total. The van der Waals surface area contributed by atoms with Crippen molar-refractivity contribution < 1.29 is 33.6 Å². The van der Waals surface area contributed by atoms with E-state index in [0.717, 1.165) is 0 Å². The number of fused-ring (bicyclic) bond motifs is 1. The topological polar surface area (TPSA) is 91.3 Å². The average Bonchev–Trinajstić information content (AvgIpc) is 3.13. The van der Waals surface area contributed by atoms with E-state index in [0.29, 0.717) is 22.6 Å². The lowest BCUT2D eigenvalue weighted by atomic mass is 10.0. The van der Waals surface area contributed by atoms with E-state index in [-0.39, 0.29) is 24.7 Å². The van der Waals surface area contributed by atoms with Gasteiger partial charge in [0.15, 0.2) is 17.6 Å². The van der Waals surface area contributed by atoms with Crippen molar-refractivity contribution in [1.29, 1.82) is 0 Å². The summed E-state index contributed by atoms with van der Waals surface area (Å²) in [6.07, 6.45) is -1.62. The van der Waals surface area contributed by atoms with Gasteiger partial charge in [0.2, 0.25) is 6.79 Å². The minimum Gasteiger partial charge on any atom is -0.464 e. The first kappa shape index (κ1) is 17.8. The molecule has 1 aliphatic rings. The van der Waals surface area contributed by atoms with Crippen molar-refractivity contribution in [3.05, 3.63) is 53.1 Å². The molecule has 0 bridgehead atoms. The van der Waals surface area contributed by atoms with E-state index >= 15 is 0 Å². The number of benzene rings is 2. The van der Waals surface area contributed by atoms with Gasteiger partial charge in [0.05, 0.1) is 12.2 Å². The third-order valence-corrected chi connectivity index (χ3v) is 3.88. The van der Waals surface area contributed by atoms with Crippen LogP contribution in [0.2, 0.25) is 0 Å². The Morgan fingerprint density at radius 2 is 1.96 bits per heavy atom. The maximum atomic E-state index is 12.4. The molecule has 1 unspecified atom stereocenters. The zero-order valence-corrected chi connectivity index (χ0v) is 14.4. The van der Waals surface area contributed by atoms with Crippen LogP contribution >= 0.6 is 0 Å². The highest BCUT2D eigenvalue weighted by Gasteiger charge is 2.31. The monoisotopic (exact) mass is 358 g/mol. The molecule has 0 radical (unpaired) electrons. The minimum absolute atomic E-state index is 0.00119. The molecular weight excluding hydrogens is 340 g/mol. The van der Waals surface area contributed by atoms with Crippen LogP contribution in [0.5, 0.6) is 17.2 Å². The number of hydrogen-bond acceptors (Lipinski definition) is 7. The zero-order valence-electron chi connectivity index (χ0n) is 14.4. The summed E-state index contributed by atoms with van der Waals surface area (Å²) in [6, 6.07) is 9.82. The summed E-state index contributed by atoms with van der Waals surface area (Å²) in [5.74, 6) is -0.655. The summed E-state index contributed by atoms with van der Waals surface area (Å²) >= 11 is 0. The number of aliphatic hydroxyl groups excluding tert-OH is 1. The first-order valence-electron chi connectivity index (χ1n) is 8.08. The van der Waals surface area contributed by atoms with Crippen LogP contribution in [0.1, 0.15) is 34.5 Å². The van der Waals surface area contributed by atoms with Crippen LogP contribution < -0.4 is 14.2 Å². The fraction of sp³-hybridized carbons (Fsp3) is 0.263. The molecule has 3 rings (SSSR count). The Hall–Kier alpha value is -3.06. The third-order valence-electron chi connectivity index (χ3n) is 3.88. The lowest BCUT2D eigenvalue weighted by Crippen LogP contribution is -2.18. The van der Waals surface area contributed by atoms with E-state index in [1.54, 1.807) is 44.2 Å². The first-order chi connectivity index (χ1) is 12.5. The van der Waals surface area contributed by atoms with Gasteiger partial charge in [-0.05, 0) is 32.0 Å². The Bertz CT molecular complexity index is 830. The van der Waals surface area contributed by atoms with E-state index in [2.05, 4.69) is 0 Å². The van der Waals surface area contributed by atoms with Crippen molar-refractivity contribution >= 4 is 11.9 Å². The molecular formula is C19H18O7. The van der Waals surface area contributed by atoms with Gasteiger partial charge in [-0.25, -0.2) is 9.59 Å². The Morgan fingerprint density at radius 1 is 1.23 bits per heavy atom. The van der Waals surface area contributed by atoms with Gasteiger partial charge < -0.3 is 24.1 Å². The van der Waals surface area contributed by atoms with Gasteiger partial charge in [-0.2, -0.15) is 0 Å². The van der Waals surface area contributed by atoms with Gasteiger partial charge in [0, 0.05) is 11.1 Å². The zero-order chi connectivity index (χ0) is 18.7. The molecule has 1 atom stereocenters. The average molecular weight is 358 g/mol. The summed E-state index contributed by atoms with van der Waals surface area (Å²) in [6.45, 7) is 3.40. The van der Waals surface area contributed by atoms with Gasteiger partial charge in [-0.3, -0.25) is 0 Å². The maximum absolute atomic E-state index is 12.4. The van der Waals surface area contributed by atoms with Gasteiger partial charge in [-0.1, -0.05) is 18.2 Å². The van der Waals surface area contributed by atoms with Crippen LogP contribution in [-0.2, 0) is 9.53 Å². The number of carbonyl (C=O) groups is 2. The Kier molecular flexibility index (Phi) is 5.09. The highest BCUT2D eigenvalue weighted by Crippen LogP contribution is 2.45. The van der Waals surface area contributed by atoms with E-state index < -0.39 is 18.0 Å². The summed E-state index contributed by atoms with van der Waals surface area (Å²) in [4.78, 5) is 24.4. The van der Waals surface area contributed by atoms with Crippen LogP contribution in [0, 0.1) is 6.92 Å². The Balaban J connectivity index is 2.02. The highest BCUT2D eigenvalue weighted by atomic mass is 16.7. The Morgan fingerprint density at radius 3 is 2.65 bits per heavy atom. The molecule has 7 nitrogen and oxygen atoms in total. The lowest BCUT2D eigenvalue weighted by molar-refractivity contribution is -0.153. The number of hydrogen-bond donors (Lipinski definition) is 1. The first-order valence-corrected chi connectivity index (χ1v) is 8.08. The molecule has 0 aliphatic carbocycles. The fourth-order valence-corrected chi connectivity index (χ4v) is 2.63. The maximum Gasteiger partial charge on any atom is 0.343 e. The molecule has 0 saturated carbocycles. The number of rotatable bonds is 5. The summed E-state index contributed by atoms with van der Waals surface area (Å²) in [5, 5.41) is 10.4. The second-order valence-corrected chi connectivity index (χ2v) is 5.56. The van der Waals surface area contributed by atoms with Crippen LogP contribution in [-0.4, -0.2) is 30.4 Å². The van der Waals surface area contributed by atoms with Gasteiger partial charge >= 0.3 is 11.9 Å². The second kappa shape index (κ2) is 7.45. The Labute approximate surface area is 150 Å². The van der Waals surface area contributed by atoms with Crippen LogP contribution in [0.15, 0.2) is 36.4 Å². The molecule has 0 saturated heterocycles. The van der Waals surface area contributed by atoms with Gasteiger partial charge in [0.25, 0.3) is 0 Å². The standard InChI is InChI=1S/C19H18O7/c1-3-23-19(22)15(20)13-9-14-17(25-10-24-14)11(2)16(13)26-18(21)12-7-5-4-6-8-12/h4-9,15,20H,3,10H2,1-2H3. The summed E-state index contributed by atoms with van der Waals surface area (Å²) < 4.78 is 21.1. The molecule has 0 spiro atoms. The number of aliphatic hydroxyl groups is 1. The summed E-state index contributed by atoms with van der Waals surface area (Å²) in [7, 11) is 0. The van der Waals surface area contributed by atoms with E-state index in [1.165, 1.54) is 6.07 Å². The van der Waals surface area contributed by atoms with Crippen molar-refractivity contribution in [2.75, 3.05) is 13.4 Å². The lowest BCUT2D eigenvalue weighted by Gasteiger charge is -2.18. The molecule has 26 heavy (non-hydrogen) atoms. The molecule has 0 amide bonds. The van der Waals surface area contributed by atoms with Crippen molar-refractivity contribution in [1.82, 2.24) is 0 Å². The molecule has 2 aromatic rings. The van der Waals surface area contributed by atoms with Gasteiger partial charge in [0.1, 0.15) is 5.75 Å². The van der Waals surface area contributed by atoms with Crippen molar-refractivity contribution in [2.45, 2.75) is 20.0 Å². The van der Waals surface area contributed by atoms with Crippen molar-refractivity contribution in [2.24, 2.45) is 0 Å². The fourth-order valence-electron chi connectivity index (χ4n) is 2.63. The molecule has 1 heterocycles. The SMILES string of the molecule is CCOC(=O)C(O)c1cc2c(c(C)c1OC(=O)c1ccccc1)OCO2.